The molecule has 0 aliphatic carbocycles. The van der Waals surface area contributed by atoms with Crippen molar-refractivity contribution < 1.29 is 0 Å². The molecule has 2 aromatic heterocycles. The molecule has 2 heterocycles. The molecule has 2 aromatic rings. The van der Waals surface area contributed by atoms with E-state index in [0.29, 0.717) is 10.8 Å². The number of imidazole rings is 1. The monoisotopic (exact) mass is 210 g/mol. The first-order valence-corrected chi connectivity index (χ1v) is 5.01. The fourth-order valence-electron chi connectivity index (χ4n) is 1.38. The Labute approximate surface area is 87.0 Å². The average Bonchev–Trinajstić information content (AvgIpc) is 2.61. The number of nitrogens with zero attached hydrogens (tertiary/aromatic N) is 4. The molecule has 0 aliphatic rings. The molecule has 14 heavy (non-hydrogen) atoms. The summed E-state index contributed by atoms with van der Waals surface area (Å²) in [6, 6.07) is 0. The van der Waals surface area contributed by atoms with Gasteiger partial charge in [0.2, 0.25) is 0 Å². The Kier molecular flexibility index (Phi) is 2.37. The third-order valence-corrected chi connectivity index (χ3v) is 2.40. The zero-order valence-corrected chi connectivity index (χ0v) is 8.91. The zero-order valence-electron chi connectivity index (χ0n) is 8.16. The molecule has 74 valence electrons. The van der Waals surface area contributed by atoms with Gasteiger partial charge >= 0.3 is 0 Å². The highest BCUT2D eigenvalue weighted by molar-refractivity contribution is 6.33. The van der Waals surface area contributed by atoms with E-state index in [9.17, 15) is 0 Å². The smallest absolute Gasteiger partial charge is 0.182 e. The normalized spacial score (nSPS) is 11.1. The molecule has 0 aromatic carbocycles. The van der Waals surface area contributed by atoms with Crippen molar-refractivity contribution >= 4 is 22.8 Å². The predicted molar refractivity (Wildman–Crippen MR) is 55.4 cm³/mol. The molecular weight excluding hydrogens is 200 g/mol. The highest BCUT2D eigenvalue weighted by Crippen LogP contribution is 2.19. The summed E-state index contributed by atoms with van der Waals surface area (Å²) in [5.41, 5.74) is 1.51. The van der Waals surface area contributed by atoms with Crippen LogP contribution in [-0.2, 0) is 13.0 Å². The second-order valence-corrected chi connectivity index (χ2v) is 3.35. The van der Waals surface area contributed by atoms with Crippen molar-refractivity contribution in [2.24, 2.45) is 0 Å². The van der Waals surface area contributed by atoms with E-state index in [4.69, 9.17) is 11.6 Å². The van der Waals surface area contributed by atoms with Gasteiger partial charge in [-0.05, 0) is 6.92 Å². The Hall–Kier alpha value is -1.16. The lowest BCUT2D eigenvalue weighted by Gasteiger charge is -2.01. The quantitative estimate of drug-likeness (QED) is 0.713. The molecule has 0 saturated carbocycles. The number of aromatic nitrogens is 4. The minimum absolute atomic E-state index is 0.492. The van der Waals surface area contributed by atoms with Crippen molar-refractivity contribution in [3.63, 3.8) is 0 Å². The molecule has 0 saturated heterocycles. The van der Waals surface area contributed by atoms with E-state index in [1.165, 1.54) is 0 Å². The molecule has 0 fully saturated rings. The van der Waals surface area contributed by atoms with Gasteiger partial charge < -0.3 is 4.57 Å². The van der Waals surface area contributed by atoms with Crippen molar-refractivity contribution in [3.8, 4) is 0 Å². The van der Waals surface area contributed by atoms with Gasteiger partial charge in [0.05, 0.1) is 6.33 Å². The predicted octanol–water partition coefficient (Wildman–Crippen LogP) is 2.06. The Bertz CT molecular complexity index is 463. The van der Waals surface area contributed by atoms with Crippen LogP contribution in [0.25, 0.3) is 11.2 Å². The fourth-order valence-corrected chi connectivity index (χ4v) is 1.67. The number of halogens is 1. The minimum atomic E-state index is 0.492. The minimum Gasteiger partial charge on any atom is -0.327 e. The Balaban J connectivity index is 2.72. The van der Waals surface area contributed by atoms with Gasteiger partial charge in [-0.2, -0.15) is 0 Å². The molecule has 0 spiro atoms. The van der Waals surface area contributed by atoms with E-state index in [1.807, 2.05) is 18.4 Å². The molecule has 0 N–H and O–H groups in total. The highest BCUT2D eigenvalue weighted by atomic mass is 35.5. The standard InChI is InChI=1S/C9H11ClN4/c1-3-6-12-8(10)7-9(13-6)11-5-14(7)4-2/h5H,3-4H2,1-2H3. The SMILES string of the molecule is CCc1nc(Cl)c2c(ncn2CC)n1. The van der Waals surface area contributed by atoms with Crippen molar-refractivity contribution in [2.45, 2.75) is 26.8 Å². The largest absolute Gasteiger partial charge is 0.327 e. The summed E-state index contributed by atoms with van der Waals surface area (Å²) in [7, 11) is 0. The lowest BCUT2D eigenvalue weighted by molar-refractivity contribution is 0.785. The number of hydrogen-bond donors (Lipinski definition) is 0. The second kappa shape index (κ2) is 3.53. The van der Waals surface area contributed by atoms with Crippen LogP contribution < -0.4 is 0 Å². The Morgan fingerprint density at radius 1 is 1.36 bits per heavy atom. The summed E-state index contributed by atoms with van der Waals surface area (Å²) in [6.45, 7) is 4.85. The maximum atomic E-state index is 6.05. The summed E-state index contributed by atoms with van der Waals surface area (Å²) >= 11 is 6.05. The zero-order chi connectivity index (χ0) is 10.1. The van der Waals surface area contributed by atoms with Gasteiger partial charge in [-0.3, -0.25) is 0 Å². The summed E-state index contributed by atoms with van der Waals surface area (Å²) in [5.74, 6) is 0.740. The van der Waals surface area contributed by atoms with Crippen LogP contribution in [0, 0.1) is 0 Å². The van der Waals surface area contributed by atoms with Crippen LogP contribution in [0.2, 0.25) is 5.15 Å². The van der Waals surface area contributed by atoms with Gasteiger partial charge in [-0.15, -0.1) is 0 Å². The average molecular weight is 211 g/mol. The molecule has 0 radical (unpaired) electrons. The molecule has 0 unspecified atom stereocenters. The Morgan fingerprint density at radius 3 is 2.79 bits per heavy atom. The Morgan fingerprint density at radius 2 is 2.14 bits per heavy atom. The lowest BCUT2D eigenvalue weighted by atomic mass is 10.4. The van der Waals surface area contributed by atoms with Crippen LogP contribution in [0.5, 0.6) is 0 Å². The summed E-state index contributed by atoms with van der Waals surface area (Å²) < 4.78 is 1.94. The molecule has 4 nitrogen and oxygen atoms in total. The van der Waals surface area contributed by atoms with E-state index >= 15 is 0 Å². The summed E-state index contributed by atoms with van der Waals surface area (Å²) in [4.78, 5) is 12.7. The molecule has 5 heteroatoms. The third-order valence-electron chi connectivity index (χ3n) is 2.13. The van der Waals surface area contributed by atoms with Crippen molar-refractivity contribution in [1.29, 1.82) is 0 Å². The van der Waals surface area contributed by atoms with Crippen molar-refractivity contribution in [3.05, 3.63) is 17.3 Å². The molecule has 0 amide bonds. The van der Waals surface area contributed by atoms with Gasteiger partial charge in [-0.1, -0.05) is 18.5 Å². The number of hydrogen-bond acceptors (Lipinski definition) is 3. The van der Waals surface area contributed by atoms with Crippen molar-refractivity contribution in [2.75, 3.05) is 0 Å². The van der Waals surface area contributed by atoms with Crippen LogP contribution in [0.4, 0.5) is 0 Å². The lowest BCUT2D eigenvalue weighted by Crippen LogP contribution is -1.97. The van der Waals surface area contributed by atoms with E-state index in [0.717, 1.165) is 24.3 Å². The van der Waals surface area contributed by atoms with Gasteiger partial charge in [0.1, 0.15) is 11.3 Å². The number of aryl methyl sites for hydroxylation is 2. The van der Waals surface area contributed by atoms with Gasteiger partial charge in [0.15, 0.2) is 10.8 Å². The highest BCUT2D eigenvalue weighted by Gasteiger charge is 2.09. The molecule has 0 bridgehead atoms. The molecule has 0 aliphatic heterocycles. The molecule has 0 atom stereocenters. The van der Waals surface area contributed by atoms with E-state index in [-0.39, 0.29) is 0 Å². The van der Waals surface area contributed by atoms with Crippen molar-refractivity contribution in [1.82, 2.24) is 19.5 Å². The van der Waals surface area contributed by atoms with Crippen LogP contribution in [0.1, 0.15) is 19.7 Å². The van der Waals surface area contributed by atoms with Crippen LogP contribution in [0.3, 0.4) is 0 Å². The van der Waals surface area contributed by atoms with Gasteiger partial charge in [-0.25, -0.2) is 15.0 Å². The topological polar surface area (TPSA) is 43.6 Å². The van der Waals surface area contributed by atoms with Crippen LogP contribution in [0.15, 0.2) is 6.33 Å². The number of rotatable bonds is 2. The maximum Gasteiger partial charge on any atom is 0.182 e. The second-order valence-electron chi connectivity index (χ2n) is 2.99. The van der Waals surface area contributed by atoms with Crippen LogP contribution in [-0.4, -0.2) is 19.5 Å². The summed E-state index contributed by atoms with van der Waals surface area (Å²) in [5, 5.41) is 0.492. The van der Waals surface area contributed by atoms with Gasteiger partial charge in [0.25, 0.3) is 0 Å². The first-order chi connectivity index (χ1) is 6.76. The van der Waals surface area contributed by atoms with Crippen LogP contribution >= 0.6 is 11.6 Å². The maximum absolute atomic E-state index is 6.05. The first-order valence-electron chi connectivity index (χ1n) is 4.63. The third kappa shape index (κ3) is 1.35. The molecular formula is C9H11ClN4. The number of fused-ring (bicyclic) bond motifs is 1. The van der Waals surface area contributed by atoms with E-state index in [2.05, 4.69) is 15.0 Å². The van der Waals surface area contributed by atoms with Gasteiger partial charge in [0, 0.05) is 13.0 Å². The first kappa shape index (κ1) is 9.40. The van der Waals surface area contributed by atoms with E-state index < -0.39 is 0 Å². The van der Waals surface area contributed by atoms with E-state index in [1.54, 1.807) is 6.33 Å². The summed E-state index contributed by atoms with van der Waals surface area (Å²) in [6.07, 6.45) is 2.51. The fraction of sp³-hybridized carbons (Fsp3) is 0.444. The molecule has 2 rings (SSSR count).